The van der Waals surface area contributed by atoms with Crippen molar-refractivity contribution < 1.29 is 14.1 Å². The topological polar surface area (TPSA) is 92.5 Å². The van der Waals surface area contributed by atoms with Gasteiger partial charge in [-0.15, -0.1) is 0 Å². The maximum Gasteiger partial charge on any atom is 0.269 e. The van der Waals surface area contributed by atoms with Crippen LogP contribution in [0, 0.1) is 15.9 Å². The third-order valence-electron chi connectivity index (χ3n) is 5.01. The number of carbonyl (C=O) groups is 1. The fourth-order valence-electron chi connectivity index (χ4n) is 3.35. The van der Waals surface area contributed by atoms with Crippen molar-refractivity contribution in [2.24, 2.45) is 0 Å². The SMILES string of the molecule is O=C(c1ccc([N+](=O)[O-])cc1)N1CCN(c2cc(-c3ccc(F)cc3)ncn2)CC1. The average molecular weight is 407 g/mol. The Balaban J connectivity index is 1.42. The highest BCUT2D eigenvalue weighted by molar-refractivity contribution is 5.94. The summed E-state index contributed by atoms with van der Waals surface area (Å²) in [4.78, 5) is 35.3. The molecular formula is C21H18FN5O3. The fourth-order valence-corrected chi connectivity index (χ4v) is 3.35. The van der Waals surface area contributed by atoms with Gasteiger partial charge in [0, 0.05) is 55.5 Å². The summed E-state index contributed by atoms with van der Waals surface area (Å²) < 4.78 is 13.1. The number of piperazine rings is 1. The summed E-state index contributed by atoms with van der Waals surface area (Å²) in [6, 6.07) is 13.6. The number of nitro groups is 1. The smallest absolute Gasteiger partial charge is 0.269 e. The van der Waals surface area contributed by atoms with Crippen LogP contribution in [0.5, 0.6) is 0 Å². The van der Waals surface area contributed by atoms with Crippen LogP contribution in [0.25, 0.3) is 11.3 Å². The maximum absolute atomic E-state index is 13.1. The summed E-state index contributed by atoms with van der Waals surface area (Å²) in [6.45, 7) is 2.20. The second-order valence-electron chi connectivity index (χ2n) is 6.85. The molecule has 1 saturated heterocycles. The Morgan fingerprint density at radius 3 is 2.27 bits per heavy atom. The molecule has 2 aromatic carbocycles. The summed E-state index contributed by atoms with van der Waals surface area (Å²) in [5.41, 5.74) is 1.88. The Hall–Kier alpha value is -3.88. The van der Waals surface area contributed by atoms with Crippen molar-refractivity contribution in [3.63, 3.8) is 0 Å². The second kappa shape index (κ2) is 8.24. The van der Waals surface area contributed by atoms with Gasteiger partial charge in [-0.05, 0) is 36.4 Å². The van der Waals surface area contributed by atoms with Crippen LogP contribution in [0.1, 0.15) is 10.4 Å². The first-order valence-electron chi connectivity index (χ1n) is 9.38. The predicted molar refractivity (Wildman–Crippen MR) is 109 cm³/mol. The van der Waals surface area contributed by atoms with Crippen LogP contribution in [0.4, 0.5) is 15.9 Å². The minimum Gasteiger partial charge on any atom is -0.353 e. The molecule has 9 heteroatoms. The number of anilines is 1. The van der Waals surface area contributed by atoms with Crippen LogP contribution >= 0.6 is 0 Å². The minimum absolute atomic E-state index is 0.0444. The summed E-state index contributed by atoms with van der Waals surface area (Å²) in [5.74, 6) is 0.285. The number of carbonyl (C=O) groups excluding carboxylic acids is 1. The number of non-ortho nitro benzene ring substituents is 1. The van der Waals surface area contributed by atoms with Gasteiger partial charge in [-0.3, -0.25) is 14.9 Å². The number of hydrogen-bond donors (Lipinski definition) is 0. The van der Waals surface area contributed by atoms with Gasteiger partial charge in [0.15, 0.2) is 0 Å². The first-order chi connectivity index (χ1) is 14.5. The first kappa shape index (κ1) is 19.4. The van der Waals surface area contributed by atoms with E-state index < -0.39 is 4.92 Å². The molecule has 1 fully saturated rings. The molecule has 0 unspecified atom stereocenters. The normalized spacial score (nSPS) is 13.9. The number of benzene rings is 2. The highest BCUT2D eigenvalue weighted by atomic mass is 19.1. The molecule has 30 heavy (non-hydrogen) atoms. The van der Waals surface area contributed by atoms with Crippen LogP contribution < -0.4 is 4.90 Å². The van der Waals surface area contributed by atoms with E-state index in [-0.39, 0.29) is 17.4 Å². The summed E-state index contributed by atoms with van der Waals surface area (Å²) in [5, 5.41) is 10.8. The first-order valence-corrected chi connectivity index (χ1v) is 9.38. The Morgan fingerprint density at radius 1 is 0.967 bits per heavy atom. The third-order valence-corrected chi connectivity index (χ3v) is 5.01. The van der Waals surface area contributed by atoms with Crippen LogP contribution in [0.3, 0.4) is 0 Å². The van der Waals surface area contributed by atoms with Crippen LogP contribution in [0.2, 0.25) is 0 Å². The number of nitro benzene ring substituents is 1. The molecule has 0 N–H and O–H groups in total. The lowest BCUT2D eigenvalue weighted by molar-refractivity contribution is -0.384. The number of amides is 1. The van der Waals surface area contributed by atoms with E-state index in [0.29, 0.717) is 37.4 Å². The van der Waals surface area contributed by atoms with E-state index in [0.717, 1.165) is 11.4 Å². The zero-order valence-electron chi connectivity index (χ0n) is 15.9. The van der Waals surface area contributed by atoms with E-state index in [2.05, 4.69) is 14.9 Å². The largest absolute Gasteiger partial charge is 0.353 e. The van der Waals surface area contributed by atoms with E-state index in [9.17, 15) is 19.3 Å². The van der Waals surface area contributed by atoms with E-state index in [1.165, 1.54) is 42.7 Å². The lowest BCUT2D eigenvalue weighted by atomic mass is 10.1. The summed E-state index contributed by atoms with van der Waals surface area (Å²) in [6.07, 6.45) is 1.47. The molecule has 2 heterocycles. The molecule has 152 valence electrons. The molecule has 0 atom stereocenters. The van der Waals surface area contributed by atoms with Gasteiger partial charge in [0.25, 0.3) is 11.6 Å². The van der Waals surface area contributed by atoms with Crippen molar-refractivity contribution >= 4 is 17.4 Å². The van der Waals surface area contributed by atoms with E-state index >= 15 is 0 Å². The minimum atomic E-state index is -0.491. The van der Waals surface area contributed by atoms with E-state index in [1.807, 2.05) is 6.07 Å². The number of aromatic nitrogens is 2. The number of rotatable bonds is 4. The standard InChI is InChI=1S/C21H18FN5O3/c22-17-5-1-15(2-6-17)19-13-20(24-14-23-19)25-9-11-26(12-10-25)21(28)16-3-7-18(8-4-16)27(29)30/h1-8,13-14H,9-12H2. The predicted octanol–water partition coefficient (Wildman–Crippen LogP) is 3.15. The van der Waals surface area contributed by atoms with Crippen molar-refractivity contribution in [1.82, 2.24) is 14.9 Å². The molecule has 8 nitrogen and oxygen atoms in total. The maximum atomic E-state index is 13.1. The Morgan fingerprint density at radius 2 is 1.63 bits per heavy atom. The lowest BCUT2D eigenvalue weighted by Crippen LogP contribution is -2.49. The van der Waals surface area contributed by atoms with Crippen LogP contribution in [-0.4, -0.2) is 51.9 Å². The van der Waals surface area contributed by atoms with Crippen molar-refractivity contribution in [3.8, 4) is 11.3 Å². The van der Waals surface area contributed by atoms with E-state index in [4.69, 9.17) is 0 Å². The van der Waals surface area contributed by atoms with Gasteiger partial charge in [0.05, 0.1) is 10.6 Å². The molecular weight excluding hydrogens is 389 g/mol. The molecule has 1 aliphatic heterocycles. The molecule has 0 spiro atoms. The molecule has 0 bridgehead atoms. The van der Waals surface area contributed by atoms with E-state index in [1.54, 1.807) is 17.0 Å². The molecule has 0 saturated carbocycles. The van der Waals surface area contributed by atoms with Crippen LogP contribution in [0.15, 0.2) is 60.9 Å². The average Bonchev–Trinajstić information content (AvgIpc) is 2.79. The van der Waals surface area contributed by atoms with Gasteiger partial charge >= 0.3 is 0 Å². The molecule has 4 rings (SSSR count). The van der Waals surface area contributed by atoms with Crippen molar-refractivity contribution in [1.29, 1.82) is 0 Å². The lowest BCUT2D eigenvalue weighted by Gasteiger charge is -2.35. The van der Waals surface area contributed by atoms with Crippen molar-refractivity contribution in [3.05, 3.63) is 82.4 Å². The number of hydrogen-bond acceptors (Lipinski definition) is 6. The Kier molecular flexibility index (Phi) is 5.34. The van der Waals surface area contributed by atoms with Crippen LogP contribution in [-0.2, 0) is 0 Å². The summed E-state index contributed by atoms with van der Waals surface area (Å²) in [7, 11) is 0. The Bertz CT molecular complexity index is 1060. The third kappa shape index (κ3) is 4.09. The number of nitrogens with zero attached hydrogens (tertiary/aromatic N) is 5. The molecule has 1 aliphatic rings. The quantitative estimate of drug-likeness (QED) is 0.487. The monoisotopic (exact) mass is 407 g/mol. The van der Waals surface area contributed by atoms with Gasteiger partial charge in [-0.2, -0.15) is 0 Å². The van der Waals surface area contributed by atoms with Gasteiger partial charge in [-0.1, -0.05) is 0 Å². The molecule has 1 aromatic heterocycles. The second-order valence-corrected chi connectivity index (χ2v) is 6.85. The highest BCUT2D eigenvalue weighted by Gasteiger charge is 2.23. The van der Waals surface area contributed by atoms with Crippen molar-refractivity contribution in [2.45, 2.75) is 0 Å². The summed E-state index contributed by atoms with van der Waals surface area (Å²) >= 11 is 0. The molecule has 1 amide bonds. The van der Waals surface area contributed by atoms with Gasteiger partial charge in [-0.25, -0.2) is 14.4 Å². The van der Waals surface area contributed by atoms with Crippen molar-refractivity contribution in [2.75, 3.05) is 31.1 Å². The number of halogens is 1. The van der Waals surface area contributed by atoms with Gasteiger partial charge in [0.1, 0.15) is 18.0 Å². The zero-order chi connectivity index (χ0) is 21.1. The Labute approximate surface area is 171 Å². The highest BCUT2D eigenvalue weighted by Crippen LogP contribution is 2.22. The van der Waals surface area contributed by atoms with Gasteiger partial charge < -0.3 is 9.80 Å². The fraction of sp³-hybridized carbons (Fsp3) is 0.190. The molecule has 3 aromatic rings. The molecule has 0 radical (unpaired) electrons. The zero-order valence-corrected chi connectivity index (χ0v) is 15.9. The molecule has 0 aliphatic carbocycles. The van der Waals surface area contributed by atoms with Gasteiger partial charge in [0.2, 0.25) is 0 Å².